The molecule has 0 saturated heterocycles. The molecule has 0 bridgehead atoms. The topological polar surface area (TPSA) is 32.3 Å². The Morgan fingerprint density at radius 2 is 1.55 bits per heavy atom. The molecule has 0 spiro atoms. The zero-order chi connectivity index (χ0) is 20.6. The Bertz CT molecular complexity index is 1020. The Morgan fingerprint density at radius 3 is 2.17 bits per heavy atom. The van der Waals surface area contributed by atoms with Crippen LogP contribution in [0.5, 0.6) is 0 Å². The normalized spacial score (nSPS) is 16.3. The third-order valence-electron chi connectivity index (χ3n) is 5.37. The van der Waals surface area contributed by atoms with Crippen LogP contribution in [0.2, 0.25) is 0 Å². The number of nitrogens with one attached hydrogen (secondary N) is 1. The number of amides is 1. The highest BCUT2D eigenvalue weighted by molar-refractivity contribution is 7.98. The lowest BCUT2D eigenvalue weighted by Crippen LogP contribution is -2.43. The summed E-state index contributed by atoms with van der Waals surface area (Å²) in [4.78, 5) is 16.6. The number of hydrogen-bond acceptors (Lipinski definition) is 3. The van der Waals surface area contributed by atoms with Gasteiger partial charge in [0.1, 0.15) is 6.17 Å². The van der Waals surface area contributed by atoms with Crippen LogP contribution >= 0.6 is 11.8 Å². The molecule has 1 amide bonds. The van der Waals surface area contributed by atoms with Crippen LogP contribution in [0, 0.1) is 0 Å². The number of thioether (sulfide) groups is 1. The van der Waals surface area contributed by atoms with E-state index >= 15 is 0 Å². The molecule has 0 saturated carbocycles. The molecular weight excluding hydrogens is 376 g/mol. The third kappa shape index (κ3) is 3.77. The Kier molecular flexibility index (Phi) is 5.13. The van der Waals surface area contributed by atoms with Gasteiger partial charge in [-0.3, -0.25) is 9.69 Å². The maximum absolute atomic E-state index is 13.5. The molecular formula is C25H26N2OS. The first kappa shape index (κ1) is 19.6. The predicted octanol–water partition coefficient (Wildman–Crippen LogP) is 6.48. The van der Waals surface area contributed by atoms with E-state index in [4.69, 9.17) is 0 Å². The largest absolute Gasteiger partial charge is 0.360 e. The monoisotopic (exact) mass is 402 g/mol. The van der Waals surface area contributed by atoms with Gasteiger partial charge in [-0.05, 0) is 59.2 Å². The van der Waals surface area contributed by atoms with Gasteiger partial charge in [0.25, 0.3) is 5.91 Å². The van der Waals surface area contributed by atoms with Crippen molar-refractivity contribution in [3.63, 3.8) is 0 Å². The standard InChI is InChI=1S/C25H26N2OS/c1-25(2,3)18-11-13-19(14-12-18)27-23(17-9-15-20(29-4)16-10-17)26-22-8-6-5-7-21(22)24(27)28/h5-16,23,26H,1-4H3/t23-/m1/s1. The van der Waals surface area contributed by atoms with Gasteiger partial charge in [-0.1, -0.05) is 57.2 Å². The summed E-state index contributed by atoms with van der Waals surface area (Å²) in [6.07, 6.45) is 1.81. The summed E-state index contributed by atoms with van der Waals surface area (Å²) >= 11 is 1.71. The maximum Gasteiger partial charge on any atom is 0.262 e. The molecule has 4 rings (SSSR count). The summed E-state index contributed by atoms with van der Waals surface area (Å²) in [5.41, 5.74) is 4.85. The quantitative estimate of drug-likeness (QED) is 0.509. The number of hydrogen-bond donors (Lipinski definition) is 1. The first-order valence-electron chi connectivity index (χ1n) is 9.82. The molecule has 1 aliphatic rings. The van der Waals surface area contributed by atoms with Crippen molar-refractivity contribution in [3.8, 4) is 0 Å². The molecule has 0 aromatic heterocycles. The van der Waals surface area contributed by atoms with E-state index in [-0.39, 0.29) is 17.5 Å². The highest BCUT2D eigenvalue weighted by Gasteiger charge is 2.34. The molecule has 0 aliphatic carbocycles. The van der Waals surface area contributed by atoms with Crippen molar-refractivity contribution in [2.45, 2.75) is 37.2 Å². The van der Waals surface area contributed by atoms with Gasteiger partial charge in [0.15, 0.2) is 0 Å². The molecule has 3 aromatic carbocycles. The van der Waals surface area contributed by atoms with Gasteiger partial charge in [-0.15, -0.1) is 11.8 Å². The summed E-state index contributed by atoms with van der Waals surface area (Å²) in [6, 6.07) is 24.5. The minimum absolute atomic E-state index is 0.0156. The highest BCUT2D eigenvalue weighted by atomic mass is 32.2. The van der Waals surface area contributed by atoms with Gasteiger partial charge in [0.2, 0.25) is 0 Å². The number of anilines is 2. The van der Waals surface area contributed by atoms with E-state index in [1.54, 1.807) is 11.8 Å². The first-order chi connectivity index (χ1) is 13.9. The summed E-state index contributed by atoms with van der Waals surface area (Å²) < 4.78 is 0. The highest BCUT2D eigenvalue weighted by Crippen LogP contribution is 2.37. The summed E-state index contributed by atoms with van der Waals surface area (Å²) in [6.45, 7) is 6.59. The molecule has 4 heteroatoms. The molecule has 0 unspecified atom stereocenters. The van der Waals surface area contributed by atoms with Gasteiger partial charge < -0.3 is 5.32 Å². The van der Waals surface area contributed by atoms with Crippen molar-refractivity contribution in [2.75, 3.05) is 16.5 Å². The fourth-order valence-electron chi connectivity index (χ4n) is 3.66. The van der Waals surface area contributed by atoms with E-state index in [2.05, 4.69) is 80.9 Å². The zero-order valence-corrected chi connectivity index (χ0v) is 18.1. The van der Waals surface area contributed by atoms with E-state index in [1.165, 1.54) is 10.5 Å². The lowest BCUT2D eigenvalue weighted by atomic mass is 9.87. The molecule has 1 heterocycles. The average molecular weight is 403 g/mol. The molecule has 148 valence electrons. The van der Waals surface area contributed by atoms with Gasteiger partial charge in [-0.2, -0.15) is 0 Å². The summed E-state index contributed by atoms with van der Waals surface area (Å²) in [5.74, 6) is 0.0156. The van der Waals surface area contributed by atoms with Gasteiger partial charge in [0.05, 0.1) is 5.56 Å². The van der Waals surface area contributed by atoms with Crippen molar-refractivity contribution < 1.29 is 4.79 Å². The number of nitrogens with zero attached hydrogens (tertiary/aromatic N) is 1. The van der Waals surface area contributed by atoms with E-state index < -0.39 is 0 Å². The van der Waals surface area contributed by atoms with Gasteiger partial charge >= 0.3 is 0 Å². The van der Waals surface area contributed by atoms with Crippen LogP contribution in [0.3, 0.4) is 0 Å². The fourth-order valence-corrected chi connectivity index (χ4v) is 4.07. The second-order valence-corrected chi connectivity index (χ2v) is 9.22. The van der Waals surface area contributed by atoms with E-state index in [0.29, 0.717) is 5.56 Å². The zero-order valence-electron chi connectivity index (χ0n) is 17.3. The van der Waals surface area contributed by atoms with Crippen LogP contribution in [0.15, 0.2) is 77.7 Å². The summed E-state index contributed by atoms with van der Waals surface area (Å²) in [5, 5.41) is 3.57. The Hall–Kier alpha value is -2.72. The predicted molar refractivity (Wildman–Crippen MR) is 123 cm³/mol. The Balaban J connectivity index is 1.79. The lowest BCUT2D eigenvalue weighted by Gasteiger charge is -2.38. The van der Waals surface area contributed by atoms with Crippen LogP contribution in [-0.4, -0.2) is 12.2 Å². The van der Waals surface area contributed by atoms with Crippen LogP contribution in [0.4, 0.5) is 11.4 Å². The minimum atomic E-state index is -0.256. The molecule has 1 N–H and O–H groups in total. The van der Waals surface area contributed by atoms with Crippen molar-refractivity contribution in [2.24, 2.45) is 0 Å². The SMILES string of the molecule is CSc1ccc([C@@H]2Nc3ccccc3C(=O)N2c2ccc(C(C)(C)C)cc2)cc1. The van der Waals surface area contributed by atoms with E-state index in [1.807, 2.05) is 29.2 Å². The van der Waals surface area contributed by atoms with E-state index in [0.717, 1.165) is 16.9 Å². The number of fused-ring (bicyclic) bond motifs is 1. The molecule has 1 atom stereocenters. The second kappa shape index (κ2) is 7.60. The van der Waals surface area contributed by atoms with Gasteiger partial charge in [-0.25, -0.2) is 0 Å². The van der Waals surface area contributed by atoms with Crippen LogP contribution in [-0.2, 0) is 5.41 Å². The minimum Gasteiger partial charge on any atom is -0.360 e. The fraction of sp³-hybridized carbons (Fsp3) is 0.240. The Labute approximate surface area is 177 Å². The number of carbonyl (C=O) groups excluding carboxylic acids is 1. The number of carbonyl (C=O) groups is 1. The first-order valence-corrected chi connectivity index (χ1v) is 11.0. The molecule has 3 nitrogen and oxygen atoms in total. The number of para-hydroxylation sites is 1. The van der Waals surface area contributed by atoms with Crippen molar-refractivity contribution in [1.82, 2.24) is 0 Å². The van der Waals surface area contributed by atoms with Crippen molar-refractivity contribution in [1.29, 1.82) is 0 Å². The van der Waals surface area contributed by atoms with E-state index in [9.17, 15) is 4.79 Å². The average Bonchev–Trinajstić information content (AvgIpc) is 2.73. The second-order valence-electron chi connectivity index (χ2n) is 8.34. The number of benzene rings is 3. The Morgan fingerprint density at radius 1 is 0.897 bits per heavy atom. The molecule has 1 aliphatic heterocycles. The maximum atomic E-state index is 13.5. The smallest absolute Gasteiger partial charge is 0.262 e. The molecule has 0 fully saturated rings. The molecule has 0 radical (unpaired) electrons. The lowest BCUT2D eigenvalue weighted by molar-refractivity contribution is 0.0975. The molecule has 3 aromatic rings. The van der Waals surface area contributed by atoms with Crippen LogP contribution in [0.1, 0.15) is 48.4 Å². The molecule has 29 heavy (non-hydrogen) atoms. The van der Waals surface area contributed by atoms with Crippen molar-refractivity contribution in [3.05, 3.63) is 89.5 Å². The third-order valence-corrected chi connectivity index (χ3v) is 6.11. The van der Waals surface area contributed by atoms with Crippen molar-refractivity contribution >= 4 is 29.0 Å². The number of rotatable bonds is 3. The van der Waals surface area contributed by atoms with Gasteiger partial charge in [0, 0.05) is 16.3 Å². The van der Waals surface area contributed by atoms with Crippen LogP contribution in [0.25, 0.3) is 0 Å². The van der Waals surface area contributed by atoms with Crippen LogP contribution < -0.4 is 10.2 Å². The summed E-state index contributed by atoms with van der Waals surface area (Å²) in [7, 11) is 0.